The van der Waals surface area contributed by atoms with E-state index in [0.717, 1.165) is 5.82 Å². The Morgan fingerprint density at radius 1 is 1.33 bits per heavy atom. The number of halogens is 1. The van der Waals surface area contributed by atoms with Gasteiger partial charge >= 0.3 is 0 Å². The molecule has 0 aliphatic heterocycles. The van der Waals surface area contributed by atoms with Gasteiger partial charge in [-0.1, -0.05) is 25.4 Å². The normalized spacial score (nSPS) is 10.9. The van der Waals surface area contributed by atoms with Gasteiger partial charge < -0.3 is 0 Å². The Bertz CT molecular complexity index is 450. The minimum Gasteiger partial charge on any atom is -0.223 e. The van der Waals surface area contributed by atoms with Crippen LogP contribution in [0, 0.1) is 0 Å². The summed E-state index contributed by atoms with van der Waals surface area (Å²) in [4.78, 5) is 8.54. The second-order valence-corrected chi connectivity index (χ2v) is 3.90. The van der Waals surface area contributed by atoms with Crippen molar-refractivity contribution in [1.82, 2.24) is 19.7 Å². The minimum atomic E-state index is 0.248. The summed E-state index contributed by atoms with van der Waals surface area (Å²) in [5, 5.41) is 4.54. The first kappa shape index (κ1) is 10.1. The first-order valence-corrected chi connectivity index (χ1v) is 5.09. The van der Waals surface area contributed by atoms with Gasteiger partial charge in [-0.05, 0) is 6.07 Å². The summed E-state index contributed by atoms with van der Waals surface area (Å²) >= 11 is 5.92. The Morgan fingerprint density at radius 2 is 2.13 bits per heavy atom. The van der Waals surface area contributed by atoms with Crippen LogP contribution in [0.15, 0.2) is 24.5 Å². The van der Waals surface area contributed by atoms with Gasteiger partial charge in [0.2, 0.25) is 0 Å². The molecule has 0 amide bonds. The molecule has 0 bridgehead atoms. The monoisotopic (exact) mass is 222 g/mol. The average molecular weight is 223 g/mol. The minimum absolute atomic E-state index is 0.248. The Hall–Kier alpha value is -1.42. The van der Waals surface area contributed by atoms with Crippen molar-refractivity contribution in [3.8, 4) is 5.82 Å². The van der Waals surface area contributed by atoms with Gasteiger partial charge in [0.15, 0.2) is 5.82 Å². The molecule has 5 heteroatoms. The van der Waals surface area contributed by atoms with Gasteiger partial charge in [-0.25, -0.2) is 14.6 Å². The zero-order chi connectivity index (χ0) is 10.8. The zero-order valence-corrected chi connectivity index (χ0v) is 9.31. The van der Waals surface area contributed by atoms with Crippen LogP contribution >= 0.6 is 11.6 Å². The van der Waals surface area contributed by atoms with Gasteiger partial charge in [-0.15, -0.1) is 0 Å². The van der Waals surface area contributed by atoms with Gasteiger partial charge in [-0.3, -0.25) is 0 Å². The quantitative estimate of drug-likeness (QED) is 0.733. The van der Waals surface area contributed by atoms with Crippen LogP contribution in [-0.2, 0) is 0 Å². The van der Waals surface area contributed by atoms with Gasteiger partial charge in [0.05, 0.1) is 0 Å². The lowest BCUT2D eigenvalue weighted by Crippen LogP contribution is -2.04. The highest BCUT2D eigenvalue weighted by Gasteiger charge is 2.08. The molecule has 0 fully saturated rings. The Labute approximate surface area is 92.9 Å². The van der Waals surface area contributed by atoms with Crippen molar-refractivity contribution >= 4 is 11.6 Å². The van der Waals surface area contributed by atoms with Gasteiger partial charge in [0, 0.05) is 24.4 Å². The van der Waals surface area contributed by atoms with Crippen molar-refractivity contribution in [2.24, 2.45) is 0 Å². The highest BCUT2D eigenvalue weighted by molar-refractivity contribution is 6.29. The molecule has 0 radical (unpaired) electrons. The molecule has 0 saturated heterocycles. The lowest BCUT2D eigenvalue weighted by molar-refractivity contribution is 0.745. The van der Waals surface area contributed by atoms with Crippen LogP contribution in [0.25, 0.3) is 5.82 Å². The first-order valence-electron chi connectivity index (χ1n) is 4.71. The van der Waals surface area contributed by atoms with Crippen molar-refractivity contribution in [1.29, 1.82) is 0 Å². The predicted octanol–water partition coefficient (Wildman–Crippen LogP) is 2.44. The standard InChI is InChI=1S/C10H11ClN4/c1-7(2)10-13-8(11)6-9(14-10)15-5-3-4-12-15/h3-7H,1-2H3. The van der Waals surface area contributed by atoms with Crippen LogP contribution < -0.4 is 0 Å². The molecule has 0 unspecified atom stereocenters. The lowest BCUT2D eigenvalue weighted by Gasteiger charge is -2.06. The van der Waals surface area contributed by atoms with Crippen molar-refractivity contribution in [2.75, 3.05) is 0 Å². The maximum Gasteiger partial charge on any atom is 0.158 e. The lowest BCUT2D eigenvalue weighted by atomic mass is 10.2. The Balaban J connectivity index is 2.49. The van der Waals surface area contributed by atoms with E-state index in [1.165, 1.54) is 0 Å². The Morgan fingerprint density at radius 3 is 2.73 bits per heavy atom. The van der Waals surface area contributed by atoms with E-state index in [4.69, 9.17) is 11.6 Å². The SMILES string of the molecule is CC(C)c1nc(Cl)cc(-n2cccn2)n1. The highest BCUT2D eigenvalue weighted by atomic mass is 35.5. The molecule has 0 atom stereocenters. The van der Waals surface area contributed by atoms with E-state index >= 15 is 0 Å². The summed E-state index contributed by atoms with van der Waals surface area (Å²) in [6, 6.07) is 3.53. The number of hydrogen-bond donors (Lipinski definition) is 0. The molecule has 4 nitrogen and oxygen atoms in total. The topological polar surface area (TPSA) is 43.6 Å². The molecule has 2 aromatic heterocycles. The maximum absolute atomic E-state index is 5.92. The van der Waals surface area contributed by atoms with E-state index in [9.17, 15) is 0 Å². The third-order valence-electron chi connectivity index (χ3n) is 1.95. The second kappa shape index (κ2) is 3.98. The molecule has 0 N–H and O–H groups in total. The van der Waals surface area contributed by atoms with E-state index in [1.54, 1.807) is 16.9 Å². The van der Waals surface area contributed by atoms with E-state index in [-0.39, 0.29) is 5.92 Å². The van der Waals surface area contributed by atoms with Crippen LogP contribution in [0.5, 0.6) is 0 Å². The molecule has 78 valence electrons. The molecule has 2 aromatic rings. The molecule has 0 saturated carbocycles. The molecule has 0 aliphatic rings. The number of rotatable bonds is 2. The van der Waals surface area contributed by atoms with Crippen LogP contribution in [0.2, 0.25) is 5.15 Å². The fraction of sp³-hybridized carbons (Fsp3) is 0.300. The summed E-state index contributed by atoms with van der Waals surface area (Å²) in [6.07, 6.45) is 3.52. The van der Waals surface area contributed by atoms with E-state index in [0.29, 0.717) is 11.0 Å². The fourth-order valence-electron chi connectivity index (χ4n) is 1.20. The van der Waals surface area contributed by atoms with E-state index in [2.05, 4.69) is 15.1 Å². The maximum atomic E-state index is 5.92. The van der Waals surface area contributed by atoms with Crippen LogP contribution in [0.4, 0.5) is 0 Å². The highest BCUT2D eigenvalue weighted by Crippen LogP contribution is 2.15. The summed E-state index contributed by atoms with van der Waals surface area (Å²) in [5.74, 6) is 1.68. The van der Waals surface area contributed by atoms with Crippen molar-refractivity contribution in [3.05, 3.63) is 35.5 Å². The predicted molar refractivity (Wildman–Crippen MR) is 58.3 cm³/mol. The number of hydrogen-bond acceptors (Lipinski definition) is 3. The zero-order valence-electron chi connectivity index (χ0n) is 8.55. The molecule has 0 aromatic carbocycles. The van der Waals surface area contributed by atoms with Crippen LogP contribution in [0.1, 0.15) is 25.6 Å². The van der Waals surface area contributed by atoms with Crippen molar-refractivity contribution in [2.45, 2.75) is 19.8 Å². The van der Waals surface area contributed by atoms with Crippen LogP contribution in [0.3, 0.4) is 0 Å². The molecular weight excluding hydrogens is 212 g/mol. The third kappa shape index (κ3) is 2.15. The summed E-state index contributed by atoms with van der Waals surface area (Å²) in [7, 11) is 0. The summed E-state index contributed by atoms with van der Waals surface area (Å²) in [6.45, 7) is 4.05. The van der Waals surface area contributed by atoms with Crippen LogP contribution in [-0.4, -0.2) is 19.7 Å². The molecule has 2 heterocycles. The van der Waals surface area contributed by atoms with Gasteiger partial charge in [-0.2, -0.15) is 5.10 Å². The van der Waals surface area contributed by atoms with Gasteiger partial charge in [0.1, 0.15) is 11.0 Å². The van der Waals surface area contributed by atoms with Gasteiger partial charge in [0.25, 0.3) is 0 Å². The smallest absolute Gasteiger partial charge is 0.158 e. The van der Waals surface area contributed by atoms with Crippen molar-refractivity contribution in [3.63, 3.8) is 0 Å². The third-order valence-corrected chi connectivity index (χ3v) is 2.15. The summed E-state index contributed by atoms with van der Waals surface area (Å²) < 4.78 is 1.67. The molecule has 15 heavy (non-hydrogen) atoms. The van der Waals surface area contributed by atoms with Crippen molar-refractivity contribution < 1.29 is 0 Å². The largest absolute Gasteiger partial charge is 0.223 e. The second-order valence-electron chi connectivity index (χ2n) is 3.51. The first-order chi connectivity index (χ1) is 7.16. The summed E-state index contributed by atoms with van der Waals surface area (Å²) in [5.41, 5.74) is 0. The molecular formula is C10H11ClN4. The molecule has 0 aliphatic carbocycles. The number of nitrogens with zero attached hydrogens (tertiary/aromatic N) is 4. The molecule has 0 spiro atoms. The average Bonchev–Trinajstić information content (AvgIpc) is 2.69. The van der Waals surface area contributed by atoms with E-state index < -0.39 is 0 Å². The molecule has 2 rings (SSSR count). The Kier molecular flexibility index (Phi) is 2.68. The van der Waals surface area contributed by atoms with E-state index in [1.807, 2.05) is 26.1 Å². The fourth-order valence-corrected chi connectivity index (χ4v) is 1.39. The number of aromatic nitrogens is 4.